The van der Waals surface area contributed by atoms with Crippen molar-refractivity contribution in [3.8, 4) is 11.5 Å². The number of ether oxygens (including phenoxy) is 2. The lowest BCUT2D eigenvalue weighted by Gasteiger charge is -2.15. The zero-order chi connectivity index (χ0) is 21.0. The predicted octanol–water partition coefficient (Wildman–Crippen LogP) is 6.85. The number of oxime groups is 1. The molecule has 0 amide bonds. The van der Waals surface area contributed by atoms with Crippen LogP contribution in [0.25, 0.3) is 0 Å². The topological polar surface area (TPSA) is 40.0 Å². The number of aryl methyl sites for hydroxylation is 2. The van der Waals surface area contributed by atoms with Crippen molar-refractivity contribution in [2.45, 2.75) is 60.3 Å². The standard InChI is InChI=1S/C22H33Cl2NO3/c1-6-18-15-19(26-13-10-20(23)24)14-17(2)21(18)27-11-8-7-9-12-28-25-16-22(3,4)5/h10,14-16H,6-9,11-13H2,1-5H3. The Balaban J connectivity index is 2.39. The second-order valence-electron chi connectivity index (χ2n) is 7.73. The van der Waals surface area contributed by atoms with Crippen LogP contribution in [0.15, 0.2) is 27.9 Å². The molecule has 0 aromatic heterocycles. The van der Waals surface area contributed by atoms with Gasteiger partial charge < -0.3 is 14.3 Å². The van der Waals surface area contributed by atoms with Crippen molar-refractivity contribution in [2.24, 2.45) is 10.6 Å². The number of halogens is 2. The summed E-state index contributed by atoms with van der Waals surface area (Å²) in [5.74, 6) is 1.74. The van der Waals surface area contributed by atoms with E-state index in [0.29, 0.717) is 19.8 Å². The third kappa shape index (κ3) is 10.8. The third-order valence-electron chi connectivity index (χ3n) is 3.83. The van der Waals surface area contributed by atoms with Crippen LogP contribution < -0.4 is 9.47 Å². The van der Waals surface area contributed by atoms with Crippen LogP contribution in [0.4, 0.5) is 0 Å². The summed E-state index contributed by atoms with van der Waals surface area (Å²) in [7, 11) is 0. The smallest absolute Gasteiger partial charge is 0.125 e. The molecule has 0 atom stereocenters. The van der Waals surface area contributed by atoms with Gasteiger partial charge in [-0.3, -0.25) is 0 Å². The van der Waals surface area contributed by atoms with Crippen LogP contribution >= 0.6 is 23.2 Å². The van der Waals surface area contributed by atoms with Gasteiger partial charge in [-0.2, -0.15) is 0 Å². The molecule has 0 saturated heterocycles. The zero-order valence-corrected chi connectivity index (χ0v) is 19.2. The van der Waals surface area contributed by atoms with Gasteiger partial charge in [-0.25, -0.2) is 0 Å². The van der Waals surface area contributed by atoms with E-state index in [1.165, 1.54) is 0 Å². The van der Waals surface area contributed by atoms with Crippen molar-refractivity contribution < 1.29 is 14.3 Å². The maximum Gasteiger partial charge on any atom is 0.125 e. The van der Waals surface area contributed by atoms with Crippen molar-refractivity contribution >= 4 is 29.4 Å². The molecular formula is C22H33Cl2NO3. The van der Waals surface area contributed by atoms with E-state index in [9.17, 15) is 0 Å². The Kier molecular flexibility index (Phi) is 11.4. The first-order valence-corrected chi connectivity index (χ1v) is 10.5. The summed E-state index contributed by atoms with van der Waals surface area (Å²) < 4.78 is 11.9. The molecule has 4 nitrogen and oxygen atoms in total. The van der Waals surface area contributed by atoms with Crippen LogP contribution in [-0.4, -0.2) is 26.0 Å². The van der Waals surface area contributed by atoms with Crippen molar-refractivity contribution in [1.82, 2.24) is 0 Å². The van der Waals surface area contributed by atoms with E-state index in [1.54, 1.807) is 6.08 Å². The van der Waals surface area contributed by atoms with Crippen LogP contribution in [0.5, 0.6) is 11.5 Å². The molecule has 28 heavy (non-hydrogen) atoms. The molecule has 0 aliphatic carbocycles. The van der Waals surface area contributed by atoms with E-state index in [2.05, 4.69) is 32.9 Å². The first-order valence-electron chi connectivity index (χ1n) is 9.79. The van der Waals surface area contributed by atoms with Crippen molar-refractivity contribution in [1.29, 1.82) is 0 Å². The predicted molar refractivity (Wildman–Crippen MR) is 119 cm³/mol. The Morgan fingerprint density at radius 3 is 2.43 bits per heavy atom. The molecule has 0 unspecified atom stereocenters. The molecule has 0 heterocycles. The number of rotatable bonds is 12. The zero-order valence-electron chi connectivity index (χ0n) is 17.7. The van der Waals surface area contributed by atoms with E-state index in [0.717, 1.165) is 48.3 Å². The van der Waals surface area contributed by atoms with Crippen LogP contribution in [-0.2, 0) is 11.3 Å². The van der Waals surface area contributed by atoms with Gasteiger partial charge >= 0.3 is 0 Å². The highest BCUT2D eigenvalue weighted by molar-refractivity contribution is 6.55. The molecule has 0 bridgehead atoms. The van der Waals surface area contributed by atoms with Crippen molar-refractivity contribution in [3.05, 3.63) is 33.8 Å². The lowest BCUT2D eigenvalue weighted by Crippen LogP contribution is -2.06. The van der Waals surface area contributed by atoms with Gasteiger partial charge in [-0.1, -0.05) is 56.1 Å². The fourth-order valence-corrected chi connectivity index (χ4v) is 2.56. The van der Waals surface area contributed by atoms with Gasteiger partial charge in [0.15, 0.2) is 0 Å². The highest BCUT2D eigenvalue weighted by Crippen LogP contribution is 2.30. The summed E-state index contributed by atoms with van der Waals surface area (Å²) in [6.45, 7) is 12.1. The normalized spacial score (nSPS) is 11.5. The van der Waals surface area contributed by atoms with Gasteiger partial charge in [0.1, 0.15) is 29.2 Å². The van der Waals surface area contributed by atoms with E-state index >= 15 is 0 Å². The Bertz CT molecular complexity index is 648. The largest absolute Gasteiger partial charge is 0.493 e. The Hall–Kier alpha value is -1.39. The van der Waals surface area contributed by atoms with Gasteiger partial charge in [0.05, 0.1) is 6.61 Å². The average molecular weight is 430 g/mol. The van der Waals surface area contributed by atoms with Crippen LogP contribution in [0.2, 0.25) is 0 Å². The highest BCUT2D eigenvalue weighted by atomic mass is 35.5. The first kappa shape index (κ1) is 24.6. The lowest BCUT2D eigenvalue weighted by atomic mass is 10.00. The minimum atomic E-state index is 0.0527. The molecule has 0 saturated carbocycles. The third-order valence-corrected chi connectivity index (χ3v) is 4.14. The average Bonchev–Trinajstić information content (AvgIpc) is 2.60. The van der Waals surface area contributed by atoms with E-state index in [1.807, 2.05) is 25.3 Å². The molecular weight excluding hydrogens is 397 g/mol. The molecule has 1 rings (SSSR count). The molecule has 6 heteroatoms. The second-order valence-corrected chi connectivity index (χ2v) is 8.74. The van der Waals surface area contributed by atoms with Gasteiger partial charge in [-0.15, -0.1) is 0 Å². The molecule has 1 aromatic rings. The lowest BCUT2D eigenvalue weighted by molar-refractivity contribution is 0.137. The first-order chi connectivity index (χ1) is 13.2. The quantitative estimate of drug-likeness (QED) is 0.207. The summed E-state index contributed by atoms with van der Waals surface area (Å²) >= 11 is 11.2. The van der Waals surface area contributed by atoms with Gasteiger partial charge in [-0.05, 0) is 61.9 Å². The maximum atomic E-state index is 6.05. The van der Waals surface area contributed by atoms with E-state index in [-0.39, 0.29) is 9.91 Å². The van der Waals surface area contributed by atoms with Crippen molar-refractivity contribution in [3.63, 3.8) is 0 Å². The maximum absolute atomic E-state index is 6.05. The number of hydrogen-bond acceptors (Lipinski definition) is 4. The fourth-order valence-electron chi connectivity index (χ4n) is 2.43. The number of hydrogen-bond donors (Lipinski definition) is 0. The molecule has 158 valence electrons. The van der Waals surface area contributed by atoms with Crippen LogP contribution in [0.1, 0.15) is 58.1 Å². The fraction of sp³-hybridized carbons (Fsp3) is 0.591. The van der Waals surface area contributed by atoms with E-state index in [4.69, 9.17) is 37.5 Å². The number of benzene rings is 1. The SMILES string of the molecule is CCc1cc(OCC=C(Cl)Cl)cc(C)c1OCCCCCON=CC(C)(C)C. The molecule has 0 N–H and O–H groups in total. The van der Waals surface area contributed by atoms with Crippen molar-refractivity contribution in [2.75, 3.05) is 19.8 Å². The molecule has 0 radical (unpaired) electrons. The number of nitrogens with zero attached hydrogens (tertiary/aromatic N) is 1. The highest BCUT2D eigenvalue weighted by Gasteiger charge is 2.09. The Morgan fingerprint density at radius 2 is 1.79 bits per heavy atom. The van der Waals surface area contributed by atoms with Crippen LogP contribution in [0.3, 0.4) is 0 Å². The summed E-state index contributed by atoms with van der Waals surface area (Å²) in [6, 6.07) is 3.99. The minimum absolute atomic E-state index is 0.0527. The van der Waals surface area contributed by atoms with Gasteiger partial charge in [0, 0.05) is 11.6 Å². The molecule has 0 aliphatic heterocycles. The Labute approximate surface area is 179 Å². The monoisotopic (exact) mass is 429 g/mol. The molecule has 0 spiro atoms. The molecule has 0 aliphatic rings. The number of unbranched alkanes of at least 4 members (excludes halogenated alkanes) is 2. The summed E-state index contributed by atoms with van der Waals surface area (Å²) in [4.78, 5) is 5.28. The Morgan fingerprint density at radius 1 is 1.07 bits per heavy atom. The van der Waals surface area contributed by atoms with Crippen LogP contribution in [0, 0.1) is 12.3 Å². The van der Waals surface area contributed by atoms with Gasteiger partial charge in [0.2, 0.25) is 0 Å². The summed E-state index contributed by atoms with van der Waals surface area (Å²) in [5, 5.41) is 4.00. The van der Waals surface area contributed by atoms with E-state index < -0.39 is 0 Å². The second kappa shape index (κ2) is 12.9. The summed E-state index contributed by atoms with van der Waals surface area (Å²) in [6.07, 6.45) is 7.31. The molecule has 0 fully saturated rings. The molecule has 1 aromatic carbocycles. The van der Waals surface area contributed by atoms with Gasteiger partial charge in [0.25, 0.3) is 0 Å². The summed E-state index contributed by atoms with van der Waals surface area (Å²) in [5.41, 5.74) is 2.25. The minimum Gasteiger partial charge on any atom is -0.493 e.